The first kappa shape index (κ1) is 19.2. The lowest BCUT2D eigenvalue weighted by Crippen LogP contribution is -2.50. The third-order valence-electron chi connectivity index (χ3n) is 6.21. The van der Waals surface area contributed by atoms with Gasteiger partial charge in [0.25, 0.3) is 0 Å². The van der Waals surface area contributed by atoms with Crippen LogP contribution in [0.1, 0.15) is 38.2 Å². The number of fused-ring (bicyclic) bond motifs is 1. The van der Waals surface area contributed by atoms with Crippen LogP contribution in [0.2, 0.25) is 5.02 Å². The molecule has 0 aromatic heterocycles. The number of carbonyl (C=O) groups is 1. The molecule has 3 aliphatic rings. The second-order valence-corrected chi connectivity index (χ2v) is 8.96. The molecule has 3 fully saturated rings. The zero-order chi connectivity index (χ0) is 19.0. The van der Waals surface area contributed by atoms with Crippen molar-refractivity contribution < 1.29 is 13.9 Å². The van der Waals surface area contributed by atoms with Gasteiger partial charge in [0.05, 0.1) is 17.2 Å². The number of benzene rings is 1. The first-order valence-electron chi connectivity index (χ1n) is 10.0. The zero-order valence-electron chi connectivity index (χ0n) is 15.8. The number of rotatable bonds is 6. The average molecular weight is 395 g/mol. The minimum absolute atomic E-state index is 0.0185. The molecule has 0 unspecified atom stereocenters. The Bertz CT molecular complexity index is 697. The minimum Gasteiger partial charge on any atom is -0.376 e. The van der Waals surface area contributed by atoms with E-state index < -0.39 is 0 Å². The summed E-state index contributed by atoms with van der Waals surface area (Å²) in [5.74, 6) is 1.52. The summed E-state index contributed by atoms with van der Waals surface area (Å²) in [6, 6.07) is 5.17. The lowest BCUT2D eigenvalue weighted by molar-refractivity contribution is -0.122. The Morgan fingerprint density at radius 1 is 1.30 bits per heavy atom. The van der Waals surface area contributed by atoms with Gasteiger partial charge in [-0.3, -0.25) is 9.69 Å². The van der Waals surface area contributed by atoms with Gasteiger partial charge in [-0.25, -0.2) is 4.39 Å². The van der Waals surface area contributed by atoms with Crippen LogP contribution in [0.4, 0.5) is 4.39 Å². The zero-order valence-corrected chi connectivity index (χ0v) is 16.6. The van der Waals surface area contributed by atoms with E-state index in [1.807, 2.05) is 6.07 Å². The van der Waals surface area contributed by atoms with Crippen molar-refractivity contribution in [2.45, 2.75) is 51.3 Å². The third kappa shape index (κ3) is 4.82. The molecule has 1 N–H and O–H groups in total. The van der Waals surface area contributed by atoms with Gasteiger partial charge in [-0.1, -0.05) is 17.7 Å². The number of amides is 1. The van der Waals surface area contributed by atoms with E-state index in [0.717, 1.165) is 50.6 Å². The first-order chi connectivity index (χ1) is 13.0. The summed E-state index contributed by atoms with van der Waals surface area (Å²) >= 11 is 5.79. The molecule has 1 aromatic rings. The van der Waals surface area contributed by atoms with Crippen LogP contribution in [0.15, 0.2) is 18.2 Å². The van der Waals surface area contributed by atoms with Crippen LogP contribution in [0.5, 0.6) is 0 Å². The van der Waals surface area contributed by atoms with Crippen LogP contribution in [-0.4, -0.2) is 42.6 Å². The summed E-state index contributed by atoms with van der Waals surface area (Å²) in [7, 11) is 0. The van der Waals surface area contributed by atoms with Crippen LogP contribution in [0.3, 0.4) is 0 Å². The number of carbonyl (C=O) groups excluding carboxylic acids is 1. The fraction of sp³-hybridized carbons (Fsp3) is 0.667. The maximum atomic E-state index is 13.7. The number of nitrogens with one attached hydrogen (secondary N) is 1. The highest BCUT2D eigenvalue weighted by molar-refractivity contribution is 6.30. The Labute approximate surface area is 165 Å². The molecule has 0 radical (unpaired) electrons. The minimum atomic E-state index is -0.356. The molecule has 1 aliphatic heterocycles. The fourth-order valence-electron chi connectivity index (χ4n) is 4.68. The van der Waals surface area contributed by atoms with Gasteiger partial charge in [-0.15, -0.1) is 0 Å². The number of ether oxygens (including phenoxy) is 1. The molecule has 148 valence electrons. The Morgan fingerprint density at radius 2 is 2.04 bits per heavy atom. The summed E-state index contributed by atoms with van der Waals surface area (Å²) < 4.78 is 19.9. The molecular weight excluding hydrogens is 367 g/mol. The van der Waals surface area contributed by atoms with Gasteiger partial charge in [-0.05, 0) is 61.1 Å². The largest absolute Gasteiger partial charge is 0.376 e. The Balaban J connectivity index is 1.38. The van der Waals surface area contributed by atoms with Gasteiger partial charge in [-0.2, -0.15) is 0 Å². The summed E-state index contributed by atoms with van der Waals surface area (Å²) in [6.45, 7) is 5.14. The summed E-state index contributed by atoms with van der Waals surface area (Å²) in [5.41, 5.74) is 0.954. The molecule has 4 rings (SSSR count). The molecule has 1 aromatic carbocycles. The topological polar surface area (TPSA) is 41.6 Å². The van der Waals surface area contributed by atoms with Gasteiger partial charge in [0, 0.05) is 33.2 Å². The van der Waals surface area contributed by atoms with Crippen LogP contribution in [-0.2, 0) is 16.1 Å². The predicted molar refractivity (Wildman–Crippen MR) is 103 cm³/mol. The monoisotopic (exact) mass is 394 g/mol. The Morgan fingerprint density at radius 3 is 2.70 bits per heavy atom. The van der Waals surface area contributed by atoms with E-state index in [4.69, 9.17) is 16.3 Å². The molecule has 0 bridgehead atoms. The van der Waals surface area contributed by atoms with Gasteiger partial charge in [0.1, 0.15) is 5.82 Å². The molecule has 4 nitrogen and oxygen atoms in total. The molecule has 1 heterocycles. The Kier molecular flexibility index (Phi) is 5.72. The quantitative estimate of drug-likeness (QED) is 0.801. The van der Waals surface area contributed by atoms with Crippen LogP contribution < -0.4 is 5.32 Å². The smallest absolute Gasteiger partial charge is 0.217 e. The van der Waals surface area contributed by atoms with E-state index in [1.165, 1.54) is 18.9 Å². The lowest BCUT2D eigenvalue weighted by atomic mass is 9.77. The molecule has 2 saturated carbocycles. The molecule has 4 atom stereocenters. The van der Waals surface area contributed by atoms with Gasteiger partial charge in [0.2, 0.25) is 5.91 Å². The Hall–Kier alpha value is -1.17. The summed E-state index contributed by atoms with van der Waals surface area (Å²) in [6.07, 6.45) is 4.62. The number of halogens is 2. The van der Waals surface area contributed by atoms with Crippen molar-refractivity contribution >= 4 is 17.5 Å². The highest BCUT2D eigenvalue weighted by Crippen LogP contribution is 2.39. The molecule has 6 heteroatoms. The number of likely N-dealkylation sites (tertiary alicyclic amines) is 1. The standard InChI is InChI=1S/C21H28ClFN2O2/c1-13(26)24-20-7-16-10-25(9-15-4-5-18(22)19(23)6-15)11-17(16)8-21(20)27-12-14-2-3-14/h4-6,14,16-17,20-21H,2-3,7-12H2,1H3,(H,24,26)/t16-,17+,20-,21-/m1/s1. The molecule has 0 spiro atoms. The number of hydrogen-bond acceptors (Lipinski definition) is 3. The van der Waals surface area contributed by atoms with Crippen molar-refractivity contribution in [2.75, 3.05) is 19.7 Å². The van der Waals surface area contributed by atoms with Gasteiger partial charge < -0.3 is 10.1 Å². The maximum absolute atomic E-state index is 13.7. The third-order valence-corrected chi connectivity index (χ3v) is 6.52. The van der Waals surface area contributed by atoms with Crippen LogP contribution >= 0.6 is 11.6 Å². The lowest BCUT2D eigenvalue weighted by Gasteiger charge is -2.38. The van der Waals surface area contributed by atoms with E-state index in [0.29, 0.717) is 11.8 Å². The van der Waals surface area contributed by atoms with E-state index in [9.17, 15) is 9.18 Å². The molecule has 1 amide bonds. The second-order valence-electron chi connectivity index (χ2n) is 8.56. The highest BCUT2D eigenvalue weighted by atomic mass is 35.5. The fourth-order valence-corrected chi connectivity index (χ4v) is 4.79. The summed E-state index contributed by atoms with van der Waals surface area (Å²) in [5, 5.41) is 3.29. The van der Waals surface area contributed by atoms with Crippen molar-refractivity contribution in [1.82, 2.24) is 10.2 Å². The van der Waals surface area contributed by atoms with E-state index in [1.54, 1.807) is 13.0 Å². The number of hydrogen-bond donors (Lipinski definition) is 1. The average Bonchev–Trinajstić information content (AvgIpc) is 3.35. The highest BCUT2D eigenvalue weighted by Gasteiger charge is 2.43. The molecule has 27 heavy (non-hydrogen) atoms. The van der Waals surface area contributed by atoms with Crippen molar-refractivity contribution in [3.8, 4) is 0 Å². The molecule has 2 aliphatic carbocycles. The van der Waals surface area contributed by atoms with Crippen LogP contribution in [0, 0.1) is 23.6 Å². The maximum Gasteiger partial charge on any atom is 0.217 e. The summed E-state index contributed by atoms with van der Waals surface area (Å²) in [4.78, 5) is 14.0. The second kappa shape index (κ2) is 8.06. The normalized spacial score (nSPS) is 30.9. The van der Waals surface area contributed by atoms with Crippen molar-refractivity contribution in [2.24, 2.45) is 17.8 Å². The first-order valence-corrected chi connectivity index (χ1v) is 10.4. The van der Waals surface area contributed by atoms with Crippen molar-refractivity contribution in [3.63, 3.8) is 0 Å². The van der Waals surface area contributed by atoms with Crippen molar-refractivity contribution in [3.05, 3.63) is 34.6 Å². The van der Waals surface area contributed by atoms with Gasteiger partial charge in [0.15, 0.2) is 0 Å². The van der Waals surface area contributed by atoms with E-state index >= 15 is 0 Å². The van der Waals surface area contributed by atoms with Gasteiger partial charge >= 0.3 is 0 Å². The SMILES string of the molecule is CC(=O)N[C@@H]1C[C@@H]2CN(Cc3ccc(Cl)c(F)c3)C[C@@H]2C[C@H]1OCC1CC1. The molecular formula is C21H28ClFN2O2. The van der Waals surface area contributed by atoms with Crippen LogP contribution in [0.25, 0.3) is 0 Å². The number of nitrogens with zero attached hydrogens (tertiary/aromatic N) is 1. The predicted octanol–water partition coefficient (Wildman–Crippen LogP) is 3.62. The molecule has 1 saturated heterocycles. The van der Waals surface area contributed by atoms with E-state index in [-0.39, 0.29) is 28.9 Å². The van der Waals surface area contributed by atoms with E-state index in [2.05, 4.69) is 10.2 Å². The van der Waals surface area contributed by atoms with Crippen molar-refractivity contribution in [1.29, 1.82) is 0 Å².